The van der Waals surface area contributed by atoms with Gasteiger partial charge in [0, 0.05) is 23.7 Å². The lowest BCUT2D eigenvalue weighted by atomic mass is 10.2. The van der Waals surface area contributed by atoms with E-state index in [1.54, 1.807) is 4.90 Å². The van der Waals surface area contributed by atoms with Crippen LogP contribution in [0.15, 0.2) is 47.4 Å². The van der Waals surface area contributed by atoms with E-state index in [1.165, 1.54) is 42.5 Å². The highest BCUT2D eigenvalue weighted by molar-refractivity contribution is 7.91. The Morgan fingerprint density at radius 1 is 1.04 bits per heavy atom. The Morgan fingerprint density at radius 2 is 1.62 bits per heavy atom. The van der Waals surface area contributed by atoms with E-state index in [4.69, 9.17) is 11.6 Å². The number of hydrogen-bond acceptors (Lipinski definition) is 3. The standard InChI is InChI=1S/C17H18ClF2NO2S/c1-2-21(12-15-16(19)4-3-5-17(15)20)10-11-24(22,23)14-8-6-13(18)7-9-14/h3-9H,2,10-12H2,1H3. The van der Waals surface area contributed by atoms with Crippen LogP contribution < -0.4 is 0 Å². The predicted molar refractivity (Wildman–Crippen MR) is 90.8 cm³/mol. The SMILES string of the molecule is CCN(CCS(=O)(=O)c1ccc(Cl)cc1)Cc1c(F)cccc1F. The maximum atomic E-state index is 13.7. The quantitative estimate of drug-likeness (QED) is 0.738. The van der Waals surface area contributed by atoms with Crippen molar-refractivity contribution < 1.29 is 17.2 Å². The van der Waals surface area contributed by atoms with Crippen LogP contribution in [0, 0.1) is 11.6 Å². The van der Waals surface area contributed by atoms with E-state index in [2.05, 4.69) is 0 Å². The summed E-state index contributed by atoms with van der Waals surface area (Å²) >= 11 is 5.76. The molecule has 0 radical (unpaired) electrons. The molecule has 130 valence electrons. The number of nitrogens with zero attached hydrogens (tertiary/aromatic N) is 1. The van der Waals surface area contributed by atoms with Crippen LogP contribution >= 0.6 is 11.6 Å². The minimum absolute atomic E-state index is 0.0190. The van der Waals surface area contributed by atoms with Crippen LogP contribution in [0.1, 0.15) is 12.5 Å². The summed E-state index contributed by atoms with van der Waals surface area (Å²) in [5.74, 6) is -1.40. The van der Waals surface area contributed by atoms with Gasteiger partial charge in [-0.1, -0.05) is 24.6 Å². The second-order valence-electron chi connectivity index (χ2n) is 5.34. The number of hydrogen-bond donors (Lipinski definition) is 0. The van der Waals surface area contributed by atoms with Gasteiger partial charge in [0.05, 0.1) is 10.6 Å². The molecule has 0 aromatic heterocycles. The van der Waals surface area contributed by atoms with Crippen molar-refractivity contribution in [1.29, 1.82) is 0 Å². The third-order valence-electron chi connectivity index (χ3n) is 3.74. The smallest absolute Gasteiger partial charge is 0.179 e. The first-order chi connectivity index (χ1) is 11.3. The van der Waals surface area contributed by atoms with Gasteiger partial charge in [0.25, 0.3) is 0 Å². The fourth-order valence-electron chi connectivity index (χ4n) is 2.27. The molecular weight excluding hydrogens is 356 g/mol. The van der Waals surface area contributed by atoms with Gasteiger partial charge in [-0.3, -0.25) is 4.90 Å². The molecule has 0 bridgehead atoms. The van der Waals surface area contributed by atoms with Gasteiger partial charge in [-0.15, -0.1) is 0 Å². The van der Waals surface area contributed by atoms with Gasteiger partial charge in [0.15, 0.2) is 9.84 Å². The third-order valence-corrected chi connectivity index (χ3v) is 5.70. The molecule has 0 spiro atoms. The van der Waals surface area contributed by atoms with Crippen molar-refractivity contribution in [2.24, 2.45) is 0 Å². The summed E-state index contributed by atoms with van der Waals surface area (Å²) in [4.78, 5) is 1.87. The van der Waals surface area contributed by atoms with Gasteiger partial charge < -0.3 is 0 Å². The monoisotopic (exact) mass is 373 g/mol. The minimum Gasteiger partial charge on any atom is -0.298 e. The molecule has 0 saturated carbocycles. The summed E-state index contributed by atoms with van der Waals surface area (Å²) in [5, 5.41) is 0.458. The Morgan fingerprint density at radius 3 is 2.17 bits per heavy atom. The van der Waals surface area contributed by atoms with E-state index in [9.17, 15) is 17.2 Å². The van der Waals surface area contributed by atoms with Crippen molar-refractivity contribution in [3.63, 3.8) is 0 Å². The molecule has 2 aromatic rings. The van der Waals surface area contributed by atoms with Gasteiger partial charge in [-0.25, -0.2) is 17.2 Å². The fourth-order valence-corrected chi connectivity index (χ4v) is 3.68. The highest BCUT2D eigenvalue weighted by atomic mass is 35.5. The van der Waals surface area contributed by atoms with Gasteiger partial charge in [-0.2, -0.15) is 0 Å². The fraction of sp³-hybridized carbons (Fsp3) is 0.294. The van der Waals surface area contributed by atoms with E-state index < -0.39 is 21.5 Å². The minimum atomic E-state index is -3.48. The van der Waals surface area contributed by atoms with E-state index in [0.717, 1.165) is 0 Å². The number of sulfone groups is 1. The van der Waals surface area contributed by atoms with Gasteiger partial charge >= 0.3 is 0 Å². The molecule has 0 unspecified atom stereocenters. The predicted octanol–water partition coefficient (Wildman–Crippen LogP) is 3.91. The van der Waals surface area contributed by atoms with Crippen molar-refractivity contribution in [2.45, 2.75) is 18.4 Å². The second-order valence-corrected chi connectivity index (χ2v) is 7.89. The van der Waals surface area contributed by atoms with Crippen LogP contribution in [-0.4, -0.2) is 32.2 Å². The van der Waals surface area contributed by atoms with E-state index >= 15 is 0 Å². The normalized spacial score (nSPS) is 11.9. The van der Waals surface area contributed by atoms with Crippen LogP contribution in [0.4, 0.5) is 8.78 Å². The van der Waals surface area contributed by atoms with Crippen LogP contribution in [0.5, 0.6) is 0 Å². The summed E-state index contributed by atoms with van der Waals surface area (Å²) in [6.07, 6.45) is 0. The third kappa shape index (κ3) is 4.75. The number of rotatable bonds is 7. The Kier molecular flexibility index (Phi) is 6.32. The summed E-state index contributed by atoms with van der Waals surface area (Å²) in [7, 11) is -3.48. The second kappa shape index (κ2) is 8.05. The Bertz CT molecular complexity index is 774. The average molecular weight is 374 g/mol. The highest BCUT2D eigenvalue weighted by Crippen LogP contribution is 2.17. The molecule has 2 rings (SSSR count). The average Bonchev–Trinajstić information content (AvgIpc) is 2.54. The molecule has 0 atom stereocenters. The summed E-state index contributed by atoms with van der Waals surface area (Å²) in [6, 6.07) is 9.61. The molecular formula is C17H18ClF2NO2S. The molecule has 0 aliphatic carbocycles. The van der Waals surface area contributed by atoms with Crippen molar-refractivity contribution in [3.8, 4) is 0 Å². The van der Waals surface area contributed by atoms with Crippen molar-refractivity contribution in [1.82, 2.24) is 4.90 Å². The Labute approximate surface area is 145 Å². The number of halogens is 3. The molecule has 0 aliphatic rings. The lowest BCUT2D eigenvalue weighted by molar-refractivity contribution is 0.286. The van der Waals surface area contributed by atoms with Gasteiger partial charge in [0.2, 0.25) is 0 Å². The molecule has 0 aliphatic heterocycles. The van der Waals surface area contributed by atoms with Crippen molar-refractivity contribution in [3.05, 3.63) is 64.7 Å². The van der Waals surface area contributed by atoms with Crippen LogP contribution in [-0.2, 0) is 16.4 Å². The highest BCUT2D eigenvalue weighted by Gasteiger charge is 2.18. The molecule has 0 fully saturated rings. The first kappa shape index (κ1) is 18.8. The molecule has 0 amide bonds. The molecule has 0 N–H and O–H groups in total. The molecule has 0 saturated heterocycles. The van der Waals surface area contributed by atoms with E-state index in [-0.39, 0.29) is 29.3 Å². The van der Waals surface area contributed by atoms with Crippen LogP contribution in [0.2, 0.25) is 5.02 Å². The zero-order valence-corrected chi connectivity index (χ0v) is 14.7. The summed E-state index contributed by atoms with van der Waals surface area (Å²) < 4.78 is 52.1. The van der Waals surface area contributed by atoms with Gasteiger partial charge in [-0.05, 0) is 42.9 Å². The van der Waals surface area contributed by atoms with Gasteiger partial charge in [0.1, 0.15) is 11.6 Å². The zero-order chi connectivity index (χ0) is 17.7. The lowest BCUT2D eigenvalue weighted by Crippen LogP contribution is -2.29. The van der Waals surface area contributed by atoms with Crippen molar-refractivity contribution >= 4 is 21.4 Å². The van der Waals surface area contributed by atoms with E-state index in [1.807, 2.05) is 6.92 Å². The summed E-state index contributed by atoms with van der Waals surface area (Å²) in [6.45, 7) is 2.48. The maximum absolute atomic E-state index is 13.7. The van der Waals surface area contributed by atoms with Crippen LogP contribution in [0.25, 0.3) is 0 Å². The first-order valence-corrected chi connectivity index (χ1v) is 9.50. The molecule has 24 heavy (non-hydrogen) atoms. The Hall–Kier alpha value is -1.50. The molecule has 2 aromatic carbocycles. The molecule has 3 nitrogen and oxygen atoms in total. The molecule has 0 heterocycles. The first-order valence-electron chi connectivity index (χ1n) is 7.47. The van der Waals surface area contributed by atoms with Crippen LogP contribution in [0.3, 0.4) is 0 Å². The maximum Gasteiger partial charge on any atom is 0.179 e. The molecule has 7 heteroatoms. The van der Waals surface area contributed by atoms with E-state index in [0.29, 0.717) is 11.6 Å². The topological polar surface area (TPSA) is 37.4 Å². The lowest BCUT2D eigenvalue weighted by Gasteiger charge is -2.21. The zero-order valence-electron chi connectivity index (χ0n) is 13.2. The summed E-state index contributed by atoms with van der Waals surface area (Å²) in [5.41, 5.74) is -0.0526. The van der Waals surface area contributed by atoms with Crippen molar-refractivity contribution in [2.75, 3.05) is 18.8 Å². The number of benzene rings is 2. The Balaban J connectivity index is 2.07. The largest absolute Gasteiger partial charge is 0.298 e.